The van der Waals surface area contributed by atoms with Crippen molar-refractivity contribution in [1.29, 1.82) is 0 Å². The Bertz CT molecular complexity index is 300. The van der Waals surface area contributed by atoms with E-state index in [-0.39, 0.29) is 29.6 Å². The molecule has 0 aromatic heterocycles. The van der Waals surface area contributed by atoms with Gasteiger partial charge in [-0.15, -0.1) is 0 Å². The molecular weight excluding hydrogens is 206 g/mol. The average molecular weight is 225 g/mol. The van der Waals surface area contributed by atoms with E-state index in [2.05, 4.69) is 10.5 Å². The molecule has 2 atom stereocenters. The second kappa shape index (κ2) is 4.72. The lowest BCUT2D eigenvalue weighted by Gasteiger charge is -2.27. The van der Waals surface area contributed by atoms with Gasteiger partial charge >= 0.3 is 0 Å². The summed E-state index contributed by atoms with van der Waals surface area (Å²) in [5, 5.41) is 14.7. The van der Waals surface area contributed by atoms with Crippen LogP contribution in [0.15, 0.2) is 5.16 Å². The van der Waals surface area contributed by atoms with Gasteiger partial charge < -0.3 is 16.3 Å². The molecule has 2 fully saturated rings. The molecule has 0 aromatic rings. The van der Waals surface area contributed by atoms with Crippen LogP contribution in [0.5, 0.6) is 0 Å². The molecule has 4 N–H and O–H groups in total. The van der Waals surface area contributed by atoms with Crippen molar-refractivity contribution in [3.05, 3.63) is 0 Å². The van der Waals surface area contributed by atoms with Crippen LogP contribution in [0.25, 0.3) is 0 Å². The number of hydrogen-bond donors (Lipinski definition) is 3. The summed E-state index contributed by atoms with van der Waals surface area (Å²) in [6, 6.07) is 0.0593. The largest absolute Gasteiger partial charge is 0.409 e. The van der Waals surface area contributed by atoms with Gasteiger partial charge in [0, 0.05) is 17.9 Å². The van der Waals surface area contributed by atoms with Gasteiger partial charge in [0.25, 0.3) is 0 Å². The first-order chi connectivity index (χ1) is 7.72. The number of rotatable bonds is 3. The number of carbonyl (C=O) groups excluding carboxylic acids is 1. The number of nitrogens with two attached hydrogens (primary N) is 1. The molecule has 0 bridgehead atoms. The first-order valence-corrected chi connectivity index (χ1v) is 6.00. The highest BCUT2D eigenvalue weighted by molar-refractivity contribution is 5.85. The number of carbonyl (C=O) groups is 1. The molecule has 0 spiro atoms. The van der Waals surface area contributed by atoms with Crippen LogP contribution in [0.4, 0.5) is 0 Å². The Kier molecular flexibility index (Phi) is 3.31. The molecule has 5 heteroatoms. The Morgan fingerprint density at radius 2 is 1.94 bits per heavy atom. The molecule has 0 saturated heterocycles. The Hall–Kier alpha value is -1.26. The molecule has 1 amide bonds. The molecule has 2 aliphatic carbocycles. The smallest absolute Gasteiger partial charge is 0.223 e. The lowest BCUT2D eigenvalue weighted by molar-refractivity contribution is -0.128. The minimum absolute atomic E-state index is 0.00836. The van der Waals surface area contributed by atoms with Crippen LogP contribution < -0.4 is 11.1 Å². The van der Waals surface area contributed by atoms with Crippen LogP contribution in [-0.2, 0) is 4.79 Å². The second-order valence-corrected chi connectivity index (χ2v) is 4.81. The number of hydrogen-bond acceptors (Lipinski definition) is 3. The highest BCUT2D eigenvalue weighted by Gasteiger charge is 2.34. The molecule has 16 heavy (non-hydrogen) atoms. The number of amidine groups is 1. The highest BCUT2D eigenvalue weighted by Crippen LogP contribution is 2.29. The minimum atomic E-state index is 0.00836. The van der Waals surface area contributed by atoms with Crippen LogP contribution in [-0.4, -0.2) is 23.0 Å². The van der Waals surface area contributed by atoms with Crippen LogP contribution >= 0.6 is 0 Å². The molecule has 2 aliphatic rings. The molecule has 0 aromatic carbocycles. The summed E-state index contributed by atoms with van der Waals surface area (Å²) in [5.41, 5.74) is 5.62. The molecular formula is C11H19N3O2. The van der Waals surface area contributed by atoms with Gasteiger partial charge in [-0.25, -0.2) is 0 Å². The zero-order valence-corrected chi connectivity index (χ0v) is 9.35. The van der Waals surface area contributed by atoms with Crippen LogP contribution in [0.2, 0.25) is 0 Å². The van der Waals surface area contributed by atoms with E-state index in [1.165, 1.54) is 0 Å². The summed E-state index contributed by atoms with van der Waals surface area (Å²) in [7, 11) is 0. The lowest BCUT2D eigenvalue weighted by Crippen LogP contribution is -2.45. The van der Waals surface area contributed by atoms with Gasteiger partial charge in [-0.05, 0) is 25.7 Å². The summed E-state index contributed by atoms with van der Waals surface area (Å²) < 4.78 is 0. The predicted molar refractivity (Wildman–Crippen MR) is 60.0 cm³/mol. The normalized spacial score (nSPS) is 31.1. The van der Waals surface area contributed by atoms with Crippen molar-refractivity contribution in [2.45, 2.75) is 44.6 Å². The van der Waals surface area contributed by atoms with E-state index < -0.39 is 0 Å². The van der Waals surface area contributed by atoms with Crippen LogP contribution in [0, 0.1) is 11.8 Å². The van der Waals surface area contributed by atoms with Crippen molar-refractivity contribution in [3.8, 4) is 0 Å². The van der Waals surface area contributed by atoms with Gasteiger partial charge in [-0.2, -0.15) is 0 Å². The summed E-state index contributed by atoms with van der Waals surface area (Å²) in [5.74, 6) is 0.605. The predicted octanol–water partition coefficient (Wildman–Crippen LogP) is 0.818. The van der Waals surface area contributed by atoms with E-state index in [0.717, 1.165) is 38.5 Å². The Labute approximate surface area is 95.1 Å². The Morgan fingerprint density at radius 3 is 2.50 bits per heavy atom. The van der Waals surface area contributed by atoms with Gasteiger partial charge in [0.2, 0.25) is 5.91 Å². The quantitative estimate of drug-likeness (QED) is 0.287. The zero-order valence-electron chi connectivity index (χ0n) is 9.35. The van der Waals surface area contributed by atoms with Crippen LogP contribution in [0.1, 0.15) is 38.5 Å². The topological polar surface area (TPSA) is 87.7 Å². The fourth-order valence-electron chi connectivity index (χ4n) is 2.53. The van der Waals surface area contributed by atoms with Crippen LogP contribution in [0.3, 0.4) is 0 Å². The number of amides is 1. The minimum Gasteiger partial charge on any atom is -0.409 e. The second-order valence-electron chi connectivity index (χ2n) is 4.81. The van der Waals surface area contributed by atoms with E-state index in [1.54, 1.807) is 0 Å². The lowest BCUT2D eigenvalue weighted by atomic mass is 9.84. The van der Waals surface area contributed by atoms with E-state index >= 15 is 0 Å². The third kappa shape index (κ3) is 2.13. The number of oxime groups is 1. The van der Waals surface area contributed by atoms with Crippen molar-refractivity contribution >= 4 is 11.7 Å². The standard InChI is InChI=1S/C11H19N3O2/c12-10(14-16)8-5-2-6-9(8)13-11(15)7-3-1-4-7/h7-9,16H,1-6H2,(H2,12,14)(H,13,15). The fourth-order valence-corrected chi connectivity index (χ4v) is 2.53. The third-order valence-electron chi connectivity index (χ3n) is 3.81. The van der Waals surface area contributed by atoms with Crippen molar-refractivity contribution < 1.29 is 10.0 Å². The van der Waals surface area contributed by atoms with Gasteiger partial charge in [-0.3, -0.25) is 4.79 Å². The molecule has 2 rings (SSSR count). The monoisotopic (exact) mass is 225 g/mol. The molecule has 0 radical (unpaired) electrons. The average Bonchev–Trinajstić information content (AvgIpc) is 2.62. The van der Waals surface area contributed by atoms with Gasteiger partial charge in [0.15, 0.2) is 0 Å². The summed E-state index contributed by atoms with van der Waals surface area (Å²) in [4.78, 5) is 11.8. The molecule has 0 heterocycles. The zero-order chi connectivity index (χ0) is 11.5. The third-order valence-corrected chi connectivity index (χ3v) is 3.81. The molecule has 5 nitrogen and oxygen atoms in total. The van der Waals surface area contributed by atoms with Crippen molar-refractivity contribution in [2.24, 2.45) is 22.7 Å². The maximum atomic E-state index is 11.8. The first kappa shape index (κ1) is 11.2. The SMILES string of the molecule is NC(=NO)C1CCCC1NC(=O)C1CCC1. The maximum Gasteiger partial charge on any atom is 0.223 e. The van der Waals surface area contributed by atoms with E-state index in [0.29, 0.717) is 0 Å². The highest BCUT2D eigenvalue weighted by atomic mass is 16.4. The number of nitrogens with zero attached hydrogens (tertiary/aromatic N) is 1. The summed E-state index contributed by atoms with van der Waals surface area (Å²) in [6.45, 7) is 0. The first-order valence-electron chi connectivity index (χ1n) is 6.00. The Balaban J connectivity index is 1.90. The molecule has 0 aliphatic heterocycles. The molecule has 2 saturated carbocycles. The summed E-state index contributed by atoms with van der Waals surface area (Å²) in [6.07, 6.45) is 6.02. The maximum absolute atomic E-state index is 11.8. The van der Waals surface area contributed by atoms with Gasteiger partial charge in [0.1, 0.15) is 5.84 Å². The van der Waals surface area contributed by atoms with Crippen molar-refractivity contribution in [2.75, 3.05) is 0 Å². The Morgan fingerprint density at radius 1 is 1.25 bits per heavy atom. The van der Waals surface area contributed by atoms with Gasteiger partial charge in [-0.1, -0.05) is 18.0 Å². The van der Waals surface area contributed by atoms with E-state index in [1.807, 2.05) is 0 Å². The van der Waals surface area contributed by atoms with Crippen molar-refractivity contribution in [1.82, 2.24) is 5.32 Å². The molecule has 2 unspecified atom stereocenters. The van der Waals surface area contributed by atoms with E-state index in [9.17, 15) is 4.79 Å². The molecule has 90 valence electrons. The number of nitrogens with one attached hydrogen (secondary N) is 1. The van der Waals surface area contributed by atoms with Gasteiger partial charge in [0.05, 0.1) is 0 Å². The summed E-state index contributed by atoms with van der Waals surface area (Å²) >= 11 is 0. The fraction of sp³-hybridized carbons (Fsp3) is 0.818. The van der Waals surface area contributed by atoms with Crippen molar-refractivity contribution in [3.63, 3.8) is 0 Å². The van der Waals surface area contributed by atoms with E-state index in [4.69, 9.17) is 10.9 Å².